The quantitative estimate of drug-likeness (QED) is 0.195. The van der Waals surface area contributed by atoms with Gasteiger partial charge in [-0.05, 0) is 93.5 Å². The van der Waals surface area contributed by atoms with Crippen LogP contribution in [0.5, 0.6) is 5.75 Å². The summed E-state index contributed by atoms with van der Waals surface area (Å²) < 4.78 is 12.1. The molecule has 2 saturated heterocycles. The maximum atomic E-state index is 13.7. The van der Waals surface area contributed by atoms with Crippen molar-refractivity contribution in [2.75, 3.05) is 26.8 Å². The molecule has 2 amide bonds. The lowest BCUT2D eigenvalue weighted by atomic mass is 9.89. The SMILES string of the molecule is CC[C@H]1C[C@@H](C2=NC=C(c3ccc4c(c3)COc3cc5c6c(ccc5cc3-4)N=C([C@@H]3C[C@H](COC)CN3C(=O)[C@@H](C)C(C)C)C6)C2)N(C(=O)[C@@H](C)[C@@H](C)CC)C1. The van der Waals surface area contributed by atoms with Gasteiger partial charge in [0.15, 0.2) is 0 Å². The average molecular weight is 757 g/mol. The van der Waals surface area contributed by atoms with Crippen LogP contribution in [-0.4, -0.2) is 71.9 Å². The average Bonchev–Trinajstić information content (AvgIpc) is 4.04. The molecule has 0 aliphatic carbocycles. The van der Waals surface area contributed by atoms with Crippen LogP contribution in [0.25, 0.3) is 27.5 Å². The molecule has 296 valence electrons. The first-order chi connectivity index (χ1) is 27.0. The van der Waals surface area contributed by atoms with Gasteiger partial charge < -0.3 is 19.3 Å². The maximum Gasteiger partial charge on any atom is 0.226 e. The van der Waals surface area contributed by atoms with E-state index in [0.717, 1.165) is 80.0 Å². The largest absolute Gasteiger partial charge is 0.488 e. The van der Waals surface area contributed by atoms with Gasteiger partial charge in [0.25, 0.3) is 0 Å². The summed E-state index contributed by atoms with van der Waals surface area (Å²) in [4.78, 5) is 41.8. The van der Waals surface area contributed by atoms with Crippen molar-refractivity contribution in [2.24, 2.45) is 45.5 Å². The second kappa shape index (κ2) is 15.6. The van der Waals surface area contributed by atoms with Crippen molar-refractivity contribution in [3.8, 4) is 16.9 Å². The van der Waals surface area contributed by atoms with Gasteiger partial charge in [-0.1, -0.05) is 79.5 Å². The molecule has 3 aromatic carbocycles. The number of nitrogens with zero attached hydrogens (tertiary/aromatic N) is 4. The van der Waals surface area contributed by atoms with E-state index in [4.69, 9.17) is 19.5 Å². The smallest absolute Gasteiger partial charge is 0.226 e. The fraction of sp³-hybridized carbons (Fsp3) is 0.542. The second-order valence-electron chi connectivity index (χ2n) is 17.8. The van der Waals surface area contributed by atoms with Crippen LogP contribution in [0.4, 0.5) is 5.69 Å². The highest BCUT2D eigenvalue weighted by Gasteiger charge is 2.42. The van der Waals surface area contributed by atoms with Crippen molar-refractivity contribution in [1.82, 2.24) is 9.80 Å². The Bertz CT molecular complexity index is 2130. The van der Waals surface area contributed by atoms with E-state index in [-0.39, 0.29) is 41.7 Å². The van der Waals surface area contributed by atoms with Gasteiger partial charge in [0.05, 0.1) is 24.4 Å². The number of benzene rings is 3. The van der Waals surface area contributed by atoms with Crippen LogP contribution in [0.3, 0.4) is 0 Å². The van der Waals surface area contributed by atoms with Crippen LogP contribution in [-0.2, 0) is 27.4 Å². The number of aliphatic imine (C=N–C) groups is 2. The third-order valence-electron chi connectivity index (χ3n) is 14.1. The summed E-state index contributed by atoms with van der Waals surface area (Å²) in [6, 6.07) is 15.6. The number of methoxy groups -OCH3 is 1. The van der Waals surface area contributed by atoms with Gasteiger partial charge in [-0.15, -0.1) is 0 Å². The summed E-state index contributed by atoms with van der Waals surface area (Å²) in [6.45, 7) is 17.7. The highest BCUT2D eigenvalue weighted by molar-refractivity contribution is 6.07. The zero-order valence-electron chi connectivity index (χ0n) is 34.7. The van der Waals surface area contributed by atoms with E-state index in [1.54, 1.807) is 7.11 Å². The topological polar surface area (TPSA) is 83.8 Å². The van der Waals surface area contributed by atoms with Crippen LogP contribution in [0.1, 0.15) is 97.3 Å². The first-order valence-electron chi connectivity index (χ1n) is 21.3. The molecule has 8 nitrogen and oxygen atoms in total. The first-order valence-corrected chi connectivity index (χ1v) is 21.3. The molecule has 0 spiro atoms. The summed E-state index contributed by atoms with van der Waals surface area (Å²) in [7, 11) is 1.74. The van der Waals surface area contributed by atoms with Gasteiger partial charge in [0.1, 0.15) is 12.4 Å². The van der Waals surface area contributed by atoms with Crippen molar-refractivity contribution in [1.29, 1.82) is 0 Å². The number of carbonyl (C=O) groups excluding carboxylic acids is 2. The zero-order chi connectivity index (χ0) is 39.4. The van der Waals surface area contributed by atoms with Crippen molar-refractivity contribution < 1.29 is 19.1 Å². The molecule has 0 aromatic heterocycles. The summed E-state index contributed by atoms with van der Waals surface area (Å²) in [5, 5.41) is 2.34. The Morgan fingerprint density at radius 3 is 2.32 bits per heavy atom. The number of likely N-dealkylation sites (tertiary alicyclic amines) is 2. The number of amides is 2. The molecule has 2 fully saturated rings. The normalized spacial score (nSPS) is 24.3. The molecule has 56 heavy (non-hydrogen) atoms. The lowest BCUT2D eigenvalue weighted by Gasteiger charge is -2.30. The van der Waals surface area contributed by atoms with Gasteiger partial charge >= 0.3 is 0 Å². The molecule has 0 unspecified atom stereocenters. The lowest BCUT2D eigenvalue weighted by Crippen LogP contribution is -2.44. The first kappa shape index (κ1) is 38.6. The van der Waals surface area contributed by atoms with E-state index in [0.29, 0.717) is 31.0 Å². The van der Waals surface area contributed by atoms with Crippen LogP contribution >= 0.6 is 0 Å². The number of ether oxygens (including phenoxy) is 2. The van der Waals surface area contributed by atoms with Crippen molar-refractivity contribution in [3.05, 3.63) is 65.4 Å². The zero-order valence-corrected chi connectivity index (χ0v) is 34.7. The Labute approximate surface area is 333 Å². The Kier molecular flexibility index (Phi) is 10.7. The third-order valence-corrected chi connectivity index (χ3v) is 14.1. The molecule has 5 aliphatic heterocycles. The fourth-order valence-corrected chi connectivity index (χ4v) is 9.77. The van der Waals surface area contributed by atoms with E-state index < -0.39 is 0 Å². The van der Waals surface area contributed by atoms with E-state index in [1.165, 1.54) is 38.6 Å². The summed E-state index contributed by atoms with van der Waals surface area (Å²) in [5.41, 5.74) is 10.3. The van der Waals surface area contributed by atoms with E-state index in [9.17, 15) is 9.59 Å². The van der Waals surface area contributed by atoms with Gasteiger partial charge in [0, 0.05) is 74.0 Å². The van der Waals surface area contributed by atoms with Gasteiger partial charge in [-0.3, -0.25) is 19.6 Å². The molecule has 0 saturated carbocycles. The van der Waals surface area contributed by atoms with Gasteiger partial charge in [-0.2, -0.15) is 0 Å². The Morgan fingerprint density at radius 2 is 1.59 bits per heavy atom. The number of rotatable bonds is 11. The monoisotopic (exact) mass is 756 g/mol. The molecule has 5 aliphatic rings. The minimum atomic E-state index is -0.0379. The number of allylic oxidation sites excluding steroid dienone is 1. The number of fused-ring (bicyclic) bond motifs is 6. The molecule has 8 rings (SSSR count). The Balaban J connectivity index is 0.999. The molecule has 5 heterocycles. The molecule has 3 aromatic rings. The Hall–Kier alpha value is -4.30. The molecular weight excluding hydrogens is 697 g/mol. The third kappa shape index (κ3) is 6.90. The number of hydrogen-bond acceptors (Lipinski definition) is 6. The van der Waals surface area contributed by atoms with Crippen molar-refractivity contribution in [3.63, 3.8) is 0 Å². The van der Waals surface area contributed by atoms with Crippen molar-refractivity contribution >= 4 is 45.3 Å². The summed E-state index contributed by atoms with van der Waals surface area (Å²) in [6.07, 6.45) is 7.51. The highest BCUT2D eigenvalue weighted by Crippen LogP contribution is 2.45. The summed E-state index contributed by atoms with van der Waals surface area (Å²) >= 11 is 0. The predicted octanol–water partition coefficient (Wildman–Crippen LogP) is 9.68. The molecule has 8 heteroatoms. The minimum Gasteiger partial charge on any atom is -0.488 e. The molecule has 0 radical (unpaired) electrons. The van der Waals surface area contributed by atoms with Crippen LogP contribution in [0.15, 0.2) is 58.6 Å². The van der Waals surface area contributed by atoms with Crippen LogP contribution in [0.2, 0.25) is 0 Å². The number of hydrogen-bond donors (Lipinski definition) is 0. The molecule has 0 N–H and O–H groups in total. The molecule has 0 bridgehead atoms. The van der Waals surface area contributed by atoms with Crippen LogP contribution < -0.4 is 4.74 Å². The van der Waals surface area contributed by atoms with Gasteiger partial charge in [0.2, 0.25) is 11.8 Å². The van der Waals surface area contributed by atoms with Crippen LogP contribution in [0, 0.1) is 35.5 Å². The fourth-order valence-electron chi connectivity index (χ4n) is 9.77. The molecular formula is C48H60N4O4. The Morgan fingerprint density at radius 1 is 0.857 bits per heavy atom. The molecule has 7 atom stereocenters. The predicted molar refractivity (Wildman–Crippen MR) is 227 cm³/mol. The lowest BCUT2D eigenvalue weighted by molar-refractivity contribution is -0.137. The second-order valence-corrected chi connectivity index (χ2v) is 17.8. The van der Waals surface area contributed by atoms with Crippen molar-refractivity contribution in [2.45, 2.75) is 106 Å². The highest BCUT2D eigenvalue weighted by atomic mass is 16.5. The van der Waals surface area contributed by atoms with E-state index in [1.807, 2.05) is 6.20 Å². The van der Waals surface area contributed by atoms with E-state index >= 15 is 0 Å². The van der Waals surface area contributed by atoms with Gasteiger partial charge in [-0.25, -0.2) is 0 Å². The minimum absolute atomic E-state index is 0.0103. The maximum absolute atomic E-state index is 13.7. The standard InChI is InChI=1S/C48H60N4O4/c1-9-28(5)30(7)48(54)51-23-31(10-2)15-44(51)42-19-35(22-49-42)33-11-13-37-36(17-33)26-56-46-21-38-34(18-40(37)46)12-14-41-39(38)20-43(50-41)45-16-32(25-55-8)24-52(45)47(53)29(6)27(3)4/h11-14,17-18,21-22,27-32,44-45H,9-10,15-16,19-20,23-26H2,1-8H3/t28-,29-,30-,31-,32-,44-,45-/m0/s1. The van der Waals surface area contributed by atoms with E-state index in [2.05, 4.69) is 101 Å². The summed E-state index contributed by atoms with van der Waals surface area (Å²) in [5.74, 6) is 2.86. The number of carbonyl (C=O) groups is 2.